The molecule has 7 nitrogen and oxygen atoms in total. The van der Waals surface area contributed by atoms with Crippen molar-refractivity contribution >= 4 is 23.6 Å². The molecule has 1 heterocycles. The molecule has 30 heavy (non-hydrogen) atoms. The molecule has 8 heteroatoms. The van der Waals surface area contributed by atoms with E-state index in [1.54, 1.807) is 36.4 Å². The van der Waals surface area contributed by atoms with E-state index in [-0.39, 0.29) is 68.3 Å². The highest BCUT2D eigenvalue weighted by Gasteiger charge is 2.28. The Bertz CT molecular complexity index is 926. The van der Waals surface area contributed by atoms with Crippen molar-refractivity contribution in [2.75, 3.05) is 13.1 Å². The molecule has 2 N–H and O–H groups in total. The van der Waals surface area contributed by atoms with Gasteiger partial charge in [-0.25, -0.2) is 4.39 Å². The van der Waals surface area contributed by atoms with Gasteiger partial charge in [-0.1, -0.05) is 24.3 Å². The maximum atomic E-state index is 12.9. The van der Waals surface area contributed by atoms with E-state index >= 15 is 0 Å². The summed E-state index contributed by atoms with van der Waals surface area (Å²) in [6, 6.07) is 12.4. The molecule has 0 saturated carbocycles. The van der Waals surface area contributed by atoms with E-state index in [4.69, 9.17) is 0 Å². The van der Waals surface area contributed by atoms with Crippen molar-refractivity contribution in [1.29, 1.82) is 0 Å². The van der Waals surface area contributed by atoms with Crippen LogP contribution in [-0.4, -0.2) is 41.6 Å². The molecule has 1 aliphatic heterocycles. The zero-order chi connectivity index (χ0) is 21.5. The van der Waals surface area contributed by atoms with Crippen LogP contribution in [0.3, 0.4) is 0 Å². The molecule has 1 aliphatic rings. The average molecular weight is 411 g/mol. The highest BCUT2D eigenvalue weighted by Crippen LogP contribution is 2.16. The monoisotopic (exact) mass is 411 g/mol. The van der Waals surface area contributed by atoms with Crippen LogP contribution in [0.25, 0.3) is 0 Å². The molecular weight excluding hydrogens is 389 g/mol. The first-order valence-corrected chi connectivity index (χ1v) is 9.64. The number of rotatable bonds is 8. The number of amides is 4. The molecule has 0 aromatic heterocycles. The van der Waals surface area contributed by atoms with E-state index in [1.807, 2.05) is 0 Å². The van der Waals surface area contributed by atoms with Crippen LogP contribution in [0.5, 0.6) is 0 Å². The van der Waals surface area contributed by atoms with E-state index < -0.39 is 0 Å². The molecular formula is C22H22FN3O4. The number of hydrogen-bond donors (Lipinski definition) is 2. The topological polar surface area (TPSA) is 95.6 Å². The molecule has 1 fully saturated rings. The third-order valence-corrected chi connectivity index (χ3v) is 4.72. The van der Waals surface area contributed by atoms with Gasteiger partial charge in [0.1, 0.15) is 5.82 Å². The zero-order valence-corrected chi connectivity index (χ0v) is 16.3. The van der Waals surface area contributed by atoms with Gasteiger partial charge in [-0.05, 0) is 35.4 Å². The van der Waals surface area contributed by atoms with E-state index in [0.29, 0.717) is 11.1 Å². The minimum atomic E-state index is -0.354. The molecule has 0 radical (unpaired) electrons. The Morgan fingerprint density at radius 3 is 2.03 bits per heavy atom. The van der Waals surface area contributed by atoms with Crippen LogP contribution in [0.4, 0.5) is 4.39 Å². The Labute approximate surface area is 173 Å². The predicted octanol–water partition coefficient (Wildman–Crippen LogP) is 1.56. The van der Waals surface area contributed by atoms with Gasteiger partial charge in [-0.3, -0.25) is 24.1 Å². The quantitative estimate of drug-likeness (QED) is 0.509. The Balaban J connectivity index is 1.39. The summed E-state index contributed by atoms with van der Waals surface area (Å²) in [6.07, 6.45) is 0.636. The maximum absolute atomic E-state index is 12.9. The maximum Gasteiger partial charge on any atom is 0.251 e. The number of carbonyl (C=O) groups is 4. The van der Waals surface area contributed by atoms with Gasteiger partial charge in [0.05, 0.1) is 13.0 Å². The summed E-state index contributed by atoms with van der Waals surface area (Å²) >= 11 is 0. The Kier molecular flexibility index (Phi) is 6.90. The number of hydrogen-bond acceptors (Lipinski definition) is 4. The zero-order valence-electron chi connectivity index (χ0n) is 16.3. The number of nitrogens with one attached hydrogen (secondary N) is 2. The van der Waals surface area contributed by atoms with Gasteiger partial charge in [0.2, 0.25) is 17.7 Å². The highest BCUT2D eigenvalue weighted by molar-refractivity contribution is 6.01. The van der Waals surface area contributed by atoms with Crippen molar-refractivity contribution in [3.8, 4) is 0 Å². The molecule has 1 saturated heterocycles. The van der Waals surface area contributed by atoms with Crippen molar-refractivity contribution in [2.45, 2.75) is 25.8 Å². The minimum Gasteiger partial charge on any atom is -0.354 e. The number of nitrogens with zero attached hydrogens (tertiary/aromatic N) is 1. The van der Waals surface area contributed by atoms with Crippen molar-refractivity contribution < 1.29 is 23.6 Å². The third-order valence-electron chi connectivity index (χ3n) is 4.72. The second-order valence-corrected chi connectivity index (χ2v) is 6.98. The van der Waals surface area contributed by atoms with Gasteiger partial charge in [0.15, 0.2) is 0 Å². The molecule has 0 aliphatic carbocycles. The Morgan fingerprint density at radius 1 is 0.833 bits per heavy atom. The molecule has 0 atom stereocenters. The summed E-state index contributed by atoms with van der Waals surface area (Å²) < 4.78 is 12.9. The summed E-state index contributed by atoms with van der Waals surface area (Å²) in [7, 11) is 0. The van der Waals surface area contributed by atoms with Crippen LogP contribution in [0, 0.1) is 5.82 Å². The molecule has 0 bridgehead atoms. The lowest BCUT2D eigenvalue weighted by atomic mass is 10.1. The van der Waals surface area contributed by atoms with Gasteiger partial charge in [-0.2, -0.15) is 0 Å². The molecule has 2 aromatic carbocycles. The summed E-state index contributed by atoms with van der Waals surface area (Å²) in [5.41, 5.74) is 1.91. The van der Waals surface area contributed by atoms with Gasteiger partial charge in [0.25, 0.3) is 5.91 Å². The van der Waals surface area contributed by atoms with Crippen molar-refractivity contribution in [2.24, 2.45) is 0 Å². The summed E-state index contributed by atoms with van der Waals surface area (Å²) in [6.45, 7) is 0.731. The van der Waals surface area contributed by atoms with Gasteiger partial charge < -0.3 is 10.6 Å². The second kappa shape index (κ2) is 9.78. The Hall–Kier alpha value is -3.55. The molecule has 4 amide bonds. The third kappa shape index (κ3) is 5.73. The van der Waals surface area contributed by atoms with Gasteiger partial charge >= 0.3 is 0 Å². The van der Waals surface area contributed by atoms with Crippen molar-refractivity contribution in [1.82, 2.24) is 15.5 Å². The van der Waals surface area contributed by atoms with Gasteiger partial charge in [-0.15, -0.1) is 0 Å². The molecule has 3 rings (SSSR count). The molecule has 2 aromatic rings. The standard InChI is InChI=1S/C22H22FN3O4/c23-18-7-3-15(4-8-18)13-19(27)24-11-12-25-22(30)17-5-1-16(2-6-17)14-26-20(28)9-10-21(26)29/h1-8H,9-14H2,(H,24,27)(H,25,30). The highest BCUT2D eigenvalue weighted by atomic mass is 19.1. The lowest BCUT2D eigenvalue weighted by molar-refractivity contribution is -0.139. The second-order valence-electron chi connectivity index (χ2n) is 6.98. The van der Waals surface area contributed by atoms with Crippen molar-refractivity contribution in [3.63, 3.8) is 0 Å². The first kappa shape index (κ1) is 21.2. The number of halogens is 1. The number of likely N-dealkylation sites (tertiary alicyclic amines) is 1. The largest absolute Gasteiger partial charge is 0.354 e. The average Bonchev–Trinajstić information content (AvgIpc) is 3.05. The Morgan fingerprint density at radius 2 is 1.40 bits per heavy atom. The van der Waals surface area contributed by atoms with E-state index in [1.165, 1.54) is 17.0 Å². The normalized spacial score (nSPS) is 13.4. The van der Waals surface area contributed by atoms with E-state index in [0.717, 1.165) is 5.56 Å². The van der Waals surface area contributed by atoms with Gasteiger partial charge in [0, 0.05) is 31.5 Å². The van der Waals surface area contributed by atoms with Crippen molar-refractivity contribution in [3.05, 3.63) is 71.0 Å². The van der Waals surface area contributed by atoms with E-state index in [2.05, 4.69) is 10.6 Å². The molecule has 156 valence electrons. The predicted molar refractivity (Wildman–Crippen MR) is 107 cm³/mol. The van der Waals surface area contributed by atoms with Crippen LogP contribution < -0.4 is 10.6 Å². The fourth-order valence-electron chi connectivity index (χ4n) is 3.07. The first-order valence-electron chi connectivity index (χ1n) is 9.64. The summed E-state index contributed by atoms with van der Waals surface area (Å²) in [5, 5.41) is 5.40. The number of imide groups is 1. The molecule has 0 unspecified atom stereocenters. The molecule has 0 spiro atoms. The van der Waals surface area contributed by atoms with Crippen LogP contribution >= 0.6 is 0 Å². The van der Waals surface area contributed by atoms with E-state index in [9.17, 15) is 23.6 Å². The number of benzene rings is 2. The fourth-order valence-corrected chi connectivity index (χ4v) is 3.07. The number of carbonyl (C=O) groups excluding carboxylic acids is 4. The minimum absolute atomic E-state index is 0.137. The first-order chi connectivity index (χ1) is 14.4. The lowest BCUT2D eigenvalue weighted by Gasteiger charge is -2.14. The lowest BCUT2D eigenvalue weighted by Crippen LogP contribution is -2.35. The summed E-state index contributed by atoms with van der Waals surface area (Å²) in [5.74, 6) is -1.21. The van der Waals surface area contributed by atoms with Crippen LogP contribution in [0.2, 0.25) is 0 Å². The summed E-state index contributed by atoms with van der Waals surface area (Å²) in [4.78, 5) is 48.6. The van der Waals surface area contributed by atoms with Crippen LogP contribution in [0.15, 0.2) is 48.5 Å². The SMILES string of the molecule is O=C(Cc1ccc(F)cc1)NCCNC(=O)c1ccc(CN2C(=O)CCC2=O)cc1. The fraction of sp³-hybridized carbons (Fsp3) is 0.273. The smallest absolute Gasteiger partial charge is 0.251 e. The van der Waals surface area contributed by atoms with Crippen LogP contribution in [0.1, 0.15) is 34.3 Å². The van der Waals surface area contributed by atoms with Crippen LogP contribution in [-0.2, 0) is 27.3 Å².